The molecule has 9 rings (SSSR count). The molecule has 10 atom stereocenters. The van der Waals surface area contributed by atoms with Crippen molar-refractivity contribution in [2.75, 3.05) is 20.3 Å². The molecule has 8 aromatic carbocycles. The summed E-state index contributed by atoms with van der Waals surface area (Å²) in [6.45, 7) is 3.00. The van der Waals surface area contributed by atoms with Crippen LogP contribution in [0.5, 0.6) is 5.75 Å². The van der Waals surface area contributed by atoms with Crippen LogP contribution < -0.4 is 4.74 Å². The Kier molecular flexibility index (Phi) is 25.0. The lowest BCUT2D eigenvalue weighted by Crippen LogP contribution is -2.62. The van der Waals surface area contributed by atoms with Gasteiger partial charge in [-0.1, -0.05) is 212 Å². The minimum Gasteiger partial charge on any atom is -0.497 e. The molecule has 1 saturated heterocycles. The summed E-state index contributed by atoms with van der Waals surface area (Å²) >= 11 is 0. The van der Waals surface area contributed by atoms with Crippen LogP contribution in [0.4, 0.5) is 0 Å². The number of aliphatic hydroxyl groups is 1. The number of rotatable bonds is 34. The summed E-state index contributed by atoms with van der Waals surface area (Å²) in [6.07, 6.45) is -11.6. The Morgan fingerprint density at radius 1 is 0.477 bits per heavy atom. The van der Waals surface area contributed by atoms with Crippen LogP contribution in [0.3, 0.4) is 0 Å². The van der Waals surface area contributed by atoms with Gasteiger partial charge < -0.3 is 52.5 Å². The van der Waals surface area contributed by atoms with Crippen LogP contribution in [0.1, 0.15) is 57.9 Å². The number of esters is 1. The third kappa shape index (κ3) is 19.8. The predicted molar refractivity (Wildman–Crippen MR) is 332 cm³/mol. The van der Waals surface area contributed by atoms with E-state index in [4.69, 9.17) is 51.6 Å². The largest absolute Gasteiger partial charge is 0.497 e. The molecule has 0 unspecified atom stereocenters. The second-order valence-electron chi connectivity index (χ2n) is 21.6. The van der Waals surface area contributed by atoms with Gasteiger partial charge >= 0.3 is 5.97 Å². The number of carbonyl (C=O) groups excluding carboxylic acids is 1. The standard InChI is InChI=1S/C72H78O15S/c1-52-34-40-62(41-35-52)88(75,76)85-50-63(74)67(80-45-55-24-12-5-13-25-55)71(83-48-58-30-18-8-19-31-58)70(86-53(2)73)64(79-44-60-36-38-61(77-3)39-37-60)42-65-68(81-46-56-26-14-6-15-27-56)72(84-49-59-32-20-9-21-33-59)69(82-47-57-28-16-7-17-29-57)66(87-65)51-78-43-54-22-10-4-11-23-54/h4-41,63-72,74H,42-51H2,1-3H3/t63-,64+,65-,66+,67+,68-,69+,70+,71-,72+/m0/s1. The first kappa shape index (κ1) is 65.0. The number of hydrogen-bond acceptors (Lipinski definition) is 15. The second kappa shape index (κ2) is 33.8. The molecule has 0 aromatic heterocycles. The highest BCUT2D eigenvalue weighted by Gasteiger charge is 2.51. The predicted octanol–water partition coefficient (Wildman–Crippen LogP) is 11.9. The molecule has 0 aliphatic carbocycles. The zero-order valence-electron chi connectivity index (χ0n) is 49.9. The topological polar surface area (TPSA) is 173 Å². The average Bonchev–Trinajstić information content (AvgIpc) is 2.15. The van der Waals surface area contributed by atoms with Gasteiger partial charge in [0, 0.05) is 13.3 Å². The van der Waals surface area contributed by atoms with Crippen molar-refractivity contribution in [2.45, 2.75) is 132 Å². The van der Waals surface area contributed by atoms with Gasteiger partial charge in [-0.3, -0.25) is 8.98 Å². The van der Waals surface area contributed by atoms with E-state index in [1.807, 2.05) is 213 Å². The molecule has 0 bridgehead atoms. The maximum Gasteiger partial charge on any atom is 0.303 e. The molecule has 1 fully saturated rings. The molecule has 1 N–H and O–H groups in total. The zero-order valence-corrected chi connectivity index (χ0v) is 50.7. The van der Waals surface area contributed by atoms with Gasteiger partial charge in [0.15, 0.2) is 6.10 Å². The normalized spacial score (nSPS) is 18.6. The molecular formula is C72H78O15S. The van der Waals surface area contributed by atoms with Crippen LogP contribution in [-0.2, 0) is 108 Å². The van der Waals surface area contributed by atoms with E-state index in [-0.39, 0.29) is 64.2 Å². The van der Waals surface area contributed by atoms with Gasteiger partial charge in [0.2, 0.25) is 0 Å². The molecule has 8 aromatic rings. The van der Waals surface area contributed by atoms with Gasteiger partial charge in [-0.25, -0.2) is 0 Å². The molecule has 0 saturated carbocycles. The molecule has 1 aliphatic heterocycles. The van der Waals surface area contributed by atoms with Crippen molar-refractivity contribution in [3.05, 3.63) is 275 Å². The van der Waals surface area contributed by atoms with Crippen molar-refractivity contribution >= 4 is 16.1 Å². The first-order valence-electron chi connectivity index (χ1n) is 29.6. The maximum absolute atomic E-state index is 14.0. The summed E-state index contributed by atoms with van der Waals surface area (Å²) in [5, 5.41) is 12.6. The van der Waals surface area contributed by atoms with Crippen LogP contribution in [-0.4, -0.2) is 101 Å². The molecular weight excluding hydrogens is 1140 g/mol. The monoisotopic (exact) mass is 1210 g/mol. The molecule has 15 nitrogen and oxygen atoms in total. The summed E-state index contributed by atoms with van der Waals surface area (Å²) < 4.78 is 102. The fourth-order valence-corrected chi connectivity index (χ4v) is 11.4. The minimum atomic E-state index is -4.42. The fourth-order valence-electron chi connectivity index (χ4n) is 10.4. The second-order valence-corrected chi connectivity index (χ2v) is 23.3. The van der Waals surface area contributed by atoms with Gasteiger partial charge in [-0.05, 0) is 70.1 Å². The van der Waals surface area contributed by atoms with Gasteiger partial charge in [-0.15, -0.1) is 0 Å². The first-order valence-corrected chi connectivity index (χ1v) is 31.0. The van der Waals surface area contributed by atoms with E-state index in [2.05, 4.69) is 0 Å². The summed E-state index contributed by atoms with van der Waals surface area (Å²) in [5.41, 5.74) is 6.74. The van der Waals surface area contributed by atoms with E-state index >= 15 is 0 Å². The smallest absolute Gasteiger partial charge is 0.303 e. The third-order valence-corrected chi connectivity index (χ3v) is 16.3. The van der Waals surface area contributed by atoms with Crippen LogP contribution >= 0.6 is 0 Å². The van der Waals surface area contributed by atoms with Crippen LogP contribution in [0, 0.1) is 6.92 Å². The van der Waals surface area contributed by atoms with Crippen LogP contribution in [0.2, 0.25) is 0 Å². The Labute approximate surface area is 517 Å². The van der Waals surface area contributed by atoms with E-state index in [0.29, 0.717) is 5.75 Å². The number of carbonyl (C=O) groups is 1. The lowest BCUT2D eigenvalue weighted by atomic mass is 9.88. The van der Waals surface area contributed by atoms with Crippen molar-refractivity contribution in [3.8, 4) is 5.75 Å². The average molecular weight is 1220 g/mol. The number of hydrogen-bond donors (Lipinski definition) is 1. The van der Waals surface area contributed by atoms with E-state index in [1.165, 1.54) is 19.1 Å². The first-order chi connectivity index (χ1) is 43.0. The van der Waals surface area contributed by atoms with Crippen LogP contribution in [0.25, 0.3) is 0 Å². The van der Waals surface area contributed by atoms with Crippen molar-refractivity contribution in [1.82, 2.24) is 0 Å². The van der Waals surface area contributed by atoms with E-state index in [1.54, 1.807) is 19.2 Å². The van der Waals surface area contributed by atoms with Gasteiger partial charge in [0.25, 0.3) is 10.1 Å². The summed E-state index contributed by atoms with van der Waals surface area (Å²) in [5.74, 6) is -0.0791. The van der Waals surface area contributed by atoms with E-state index in [0.717, 1.165) is 44.5 Å². The van der Waals surface area contributed by atoms with Crippen molar-refractivity contribution in [2.24, 2.45) is 0 Å². The highest BCUT2D eigenvalue weighted by atomic mass is 32.2. The Morgan fingerprint density at radius 2 is 0.886 bits per heavy atom. The number of aryl methyl sites for hydroxylation is 1. The molecule has 0 amide bonds. The maximum atomic E-state index is 14.0. The third-order valence-electron chi connectivity index (χ3n) is 15.0. The summed E-state index contributed by atoms with van der Waals surface area (Å²) in [6, 6.07) is 71.5. The number of ether oxygens (including phenoxy) is 10. The van der Waals surface area contributed by atoms with Gasteiger partial charge in [0.05, 0.1) is 77.6 Å². The minimum absolute atomic E-state index is 0.0313. The zero-order chi connectivity index (χ0) is 61.3. The van der Waals surface area contributed by atoms with Gasteiger partial charge in [-0.2, -0.15) is 8.42 Å². The molecule has 462 valence electrons. The van der Waals surface area contributed by atoms with E-state index in [9.17, 15) is 18.3 Å². The number of benzene rings is 8. The van der Waals surface area contributed by atoms with Crippen molar-refractivity contribution < 1.29 is 69.9 Å². The quantitative estimate of drug-likeness (QED) is 0.0298. The van der Waals surface area contributed by atoms with Crippen molar-refractivity contribution in [1.29, 1.82) is 0 Å². The lowest BCUT2D eigenvalue weighted by molar-refractivity contribution is -0.281. The highest BCUT2D eigenvalue weighted by Crippen LogP contribution is 2.36. The molecule has 88 heavy (non-hydrogen) atoms. The van der Waals surface area contributed by atoms with E-state index < -0.39 is 83.7 Å². The Balaban J connectivity index is 1.17. The SMILES string of the molecule is COc1ccc(CO[C@H](C[C@@H]2O[C@H](COCc3ccccc3)[C@@H](OCc3ccccc3)[C@H](OCc3ccccc3)[C@H]2OCc2ccccc2)[C@@H](OC(C)=O)[C@@H](OCc2ccccc2)[C@H](OCc2ccccc2)[C@@H](O)COS(=O)(=O)c2ccc(C)cc2)cc1. The summed E-state index contributed by atoms with van der Waals surface area (Å²) in [4.78, 5) is 13.9. The highest BCUT2D eigenvalue weighted by molar-refractivity contribution is 7.86. The molecule has 0 radical (unpaired) electrons. The van der Waals surface area contributed by atoms with Crippen molar-refractivity contribution in [3.63, 3.8) is 0 Å². The number of aliphatic hydroxyl groups excluding tert-OH is 1. The molecule has 1 heterocycles. The number of methoxy groups -OCH3 is 1. The molecule has 16 heteroatoms. The molecule has 1 aliphatic rings. The fraction of sp³-hybridized carbons (Fsp3) is 0.319. The van der Waals surface area contributed by atoms with Gasteiger partial charge in [0.1, 0.15) is 54.6 Å². The Hall–Kier alpha value is -7.42. The Bertz CT molecular complexity index is 3370. The van der Waals surface area contributed by atoms with Crippen LogP contribution in [0.15, 0.2) is 235 Å². The summed E-state index contributed by atoms with van der Waals surface area (Å²) in [7, 11) is -2.84. The lowest BCUT2D eigenvalue weighted by Gasteiger charge is -2.47. The Morgan fingerprint density at radius 3 is 1.35 bits per heavy atom. The molecule has 0 spiro atoms.